The summed E-state index contributed by atoms with van der Waals surface area (Å²) in [6, 6.07) is 6.60. The van der Waals surface area contributed by atoms with Crippen molar-refractivity contribution < 1.29 is 14.5 Å². The van der Waals surface area contributed by atoms with Crippen LogP contribution in [0.4, 0.5) is 11.4 Å². The van der Waals surface area contributed by atoms with Gasteiger partial charge in [0.1, 0.15) is 0 Å². The zero-order valence-corrected chi connectivity index (χ0v) is 11.4. The van der Waals surface area contributed by atoms with E-state index in [1.807, 2.05) is 0 Å². The van der Waals surface area contributed by atoms with Gasteiger partial charge in [-0.1, -0.05) is 0 Å². The lowest BCUT2D eigenvalue weighted by Gasteiger charge is -2.33. The quantitative estimate of drug-likeness (QED) is 0.480. The third-order valence-electron chi connectivity index (χ3n) is 3.72. The van der Waals surface area contributed by atoms with Gasteiger partial charge in [-0.05, 0) is 30.9 Å². The van der Waals surface area contributed by atoms with Crippen LogP contribution in [0.5, 0.6) is 0 Å². The Morgan fingerprint density at radius 2 is 1.95 bits per heavy atom. The Balaban J connectivity index is 1.90. The highest BCUT2D eigenvalue weighted by Gasteiger charge is 2.22. The zero-order valence-electron chi connectivity index (χ0n) is 11.4. The van der Waals surface area contributed by atoms with Crippen LogP contribution in [0, 0.1) is 16.0 Å². The van der Waals surface area contributed by atoms with Crippen LogP contribution in [0.1, 0.15) is 19.3 Å². The van der Waals surface area contributed by atoms with Gasteiger partial charge in [-0.15, -0.1) is 0 Å². The van der Waals surface area contributed by atoms with Gasteiger partial charge in [0.25, 0.3) is 5.69 Å². The van der Waals surface area contributed by atoms with Crippen molar-refractivity contribution in [1.82, 2.24) is 0 Å². The lowest BCUT2D eigenvalue weighted by molar-refractivity contribution is -0.384. The first-order valence-electron chi connectivity index (χ1n) is 6.66. The molecular formula is C14H18N2O4. The van der Waals surface area contributed by atoms with Gasteiger partial charge in [0.05, 0.1) is 12.0 Å². The van der Waals surface area contributed by atoms with Crippen LogP contribution in [-0.2, 0) is 9.53 Å². The van der Waals surface area contributed by atoms with Gasteiger partial charge in [-0.25, -0.2) is 0 Å². The SMILES string of the molecule is COC(=O)CC1CCN(c2ccc([N+](=O)[O-])cc2)CC1. The number of nitro groups is 1. The summed E-state index contributed by atoms with van der Waals surface area (Å²) in [4.78, 5) is 23.6. The molecule has 0 unspecified atom stereocenters. The molecule has 1 heterocycles. The van der Waals surface area contributed by atoms with Crippen LogP contribution < -0.4 is 4.90 Å². The van der Waals surface area contributed by atoms with Crippen molar-refractivity contribution in [2.45, 2.75) is 19.3 Å². The number of methoxy groups -OCH3 is 1. The molecule has 1 fully saturated rings. The molecule has 0 N–H and O–H groups in total. The van der Waals surface area contributed by atoms with Gasteiger partial charge in [-0.3, -0.25) is 14.9 Å². The Labute approximate surface area is 117 Å². The largest absolute Gasteiger partial charge is 0.469 e. The third kappa shape index (κ3) is 3.46. The Bertz CT molecular complexity index is 478. The smallest absolute Gasteiger partial charge is 0.305 e. The normalized spacial score (nSPS) is 15.9. The van der Waals surface area contributed by atoms with Crippen molar-refractivity contribution >= 4 is 17.3 Å². The number of non-ortho nitro benzene ring substituents is 1. The van der Waals surface area contributed by atoms with Gasteiger partial charge in [-0.2, -0.15) is 0 Å². The van der Waals surface area contributed by atoms with Gasteiger partial charge in [0, 0.05) is 37.3 Å². The summed E-state index contributed by atoms with van der Waals surface area (Å²) in [5.74, 6) is 0.218. The highest BCUT2D eigenvalue weighted by atomic mass is 16.6. The van der Waals surface area contributed by atoms with E-state index in [-0.39, 0.29) is 11.7 Å². The van der Waals surface area contributed by atoms with Crippen LogP contribution >= 0.6 is 0 Å². The van der Waals surface area contributed by atoms with Gasteiger partial charge >= 0.3 is 5.97 Å². The molecule has 6 nitrogen and oxygen atoms in total. The average molecular weight is 278 g/mol. The lowest BCUT2D eigenvalue weighted by Crippen LogP contribution is -2.34. The summed E-state index contributed by atoms with van der Waals surface area (Å²) < 4.78 is 4.68. The van der Waals surface area contributed by atoms with E-state index < -0.39 is 4.92 Å². The molecule has 0 aromatic heterocycles. The van der Waals surface area contributed by atoms with E-state index in [1.165, 1.54) is 19.2 Å². The molecule has 6 heteroatoms. The molecule has 2 rings (SSSR count). The Hall–Kier alpha value is -2.11. The van der Waals surface area contributed by atoms with E-state index in [0.717, 1.165) is 31.6 Å². The number of anilines is 1. The third-order valence-corrected chi connectivity index (χ3v) is 3.72. The number of esters is 1. The van der Waals surface area contributed by atoms with Crippen molar-refractivity contribution in [2.24, 2.45) is 5.92 Å². The fraction of sp³-hybridized carbons (Fsp3) is 0.500. The summed E-state index contributed by atoms with van der Waals surface area (Å²) >= 11 is 0. The van der Waals surface area contributed by atoms with Crippen LogP contribution in [-0.4, -0.2) is 31.1 Å². The van der Waals surface area contributed by atoms with Crippen LogP contribution in [0.25, 0.3) is 0 Å². The zero-order chi connectivity index (χ0) is 14.5. The molecule has 108 valence electrons. The number of piperidine rings is 1. The molecule has 1 aromatic carbocycles. The number of hydrogen-bond acceptors (Lipinski definition) is 5. The number of rotatable bonds is 4. The highest BCUT2D eigenvalue weighted by Crippen LogP contribution is 2.26. The van der Waals surface area contributed by atoms with Crippen molar-refractivity contribution in [3.8, 4) is 0 Å². The van der Waals surface area contributed by atoms with E-state index in [0.29, 0.717) is 12.3 Å². The number of nitrogens with zero attached hydrogens (tertiary/aromatic N) is 2. The number of ether oxygens (including phenoxy) is 1. The van der Waals surface area contributed by atoms with E-state index in [4.69, 9.17) is 0 Å². The topological polar surface area (TPSA) is 72.7 Å². The van der Waals surface area contributed by atoms with Crippen molar-refractivity contribution in [3.05, 3.63) is 34.4 Å². The van der Waals surface area contributed by atoms with Gasteiger partial charge < -0.3 is 9.64 Å². The van der Waals surface area contributed by atoms with Crippen LogP contribution in [0.2, 0.25) is 0 Å². The number of carbonyl (C=O) groups excluding carboxylic acids is 1. The van der Waals surface area contributed by atoms with Gasteiger partial charge in [0.15, 0.2) is 0 Å². The lowest BCUT2D eigenvalue weighted by atomic mass is 9.93. The molecule has 1 saturated heterocycles. The number of nitro benzene ring substituents is 1. The Morgan fingerprint density at radius 1 is 1.35 bits per heavy atom. The summed E-state index contributed by atoms with van der Waals surface area (Å²) in [5, 5.41) is 10.6. The molecule has 0 bridgehead atoms. The second kappa shape index (κ2) is 6.36. The summed E-state index contributed by atoms with van der Waals surface area (Å²) in [7, 11) is 1.41. The van der Waals surface area contributed by atoms with E-state index >= 15 is 0 Å². The second-order valence-electron chi connectivity index (χ2n) is 4.98. The summed E-state index contributed by atoms with van der Waals surface area (Å²) in [6.07, 6.45) is 2.35. The fourth-order valence-corrected chi connectivity index (χ4v) is 2.50. The van der Waals surface area contributed by atoms with Crippen LogP contribution in [0.15, 0.2) is 24.3 Å². The second-order valence-corrected chi connectivity index (χ2v) is 4.98. The molecule has 0 radical (unpaired) electrons. The molecule has 0 aliphatic carbocycles. The molecule has 0 amide bonds. The molecule has 0 atom stereocenters. The number of carbonyl (C=O) groups is 1. The van der Waals surface area contributed by atoms with Crippen molar-refractivity contribution in [1.29, 1.82) is 0 Å². The minimum Gasteiger partial charge on any atom is -0.469 e. The standard InChI is InChI=1S/C14H18N2O4/c1-20-14(17)10-11-6-8-15(9-7-11)12-2-4-13(5-3-12)16(18)19/h2-5,11H,6-10H2,1H3. The minimum absolute atomic E-state index is 0.106. The molecule has 1 aliphatic heterocycles. The van der Waals surface area contributed by atoms with Crippen molar-refractivity contribution in [2.75, 3.05) is 25.1 Å². The molecule has 20 heavy (non-hydrogen) atoms. The maximum atomic E-state index is 11.2. The molecule has 0 saturated carbocycles. The first kappa shape index (κ1) is 14.3. The van der Waals surface area contributed by atoms with Crippen LogP contribution in [0.3, 0.4) is 0 Å². The minimum atomic E-state index is -0.396. The summed E-state index contributed by atoms with van der Waals surface area (Å²) in [6.45, 7) is 1.72. The predicted octanol–water partition coefficient (Wildman–Crippen LogP) is 2.37. The van der Waals surface area contributed by atoms with Gasteiger partial charge in [0.2, 0.25) is 0 Å². The summed E-state index contributed by atoms with van der Waals surface area (Å²) in [5.41, 5.74) is 1.10. The Kier molecular flexibility index (Phi) is 4.55. The highest BCUT2D eigenvalue weighted by molar-refractivity contribution is 5.69. The Morgan fingerprint density at radius 3 is 2.45 bits per heavy atom. The molecule has 1 aromatic rings. The molecular weight excluding hydrogens is 260 g/mol. The predicted molar refractivity (Wildman–Crippen MR) is 74.7 cm³/mol. The first-order chi connectivity index (χ1) is 9.60. The monoisotopic (exact) mass is 278 g/mol. The fourth-order valence-electron chi connectivity index (χ4n) is 2.50. The van der Waals surface area contributed by atoms with E-state index in [1.54, 1.807) is 12.1 Å². The molecule has 1 aliphatic rings. The van der Waals surface area contributed by atoms with Crippen molar-refractivity contribution in [3.63, 3.8) is 0 Å². The van der Waals surface area contributed by atoms with E-state index in [9.17, 15) is 14.9 Å². The maximum absolute atomic E-state index is 11.2. The van der Waals surface area contributed by atoms with E-state index in [2.05, 4.69) is 9.64 Å². The first-order valence-corrected chi connectivity index (χ1v) is 6.66. The number of benzene rings is 1. The average Bonchev–Trinajstić information content (AvgIpc) is 2.48. The molecule has 0 spiro atoms. The maximum Gasteiger partial charge on any atom is 0.305 e. The number of hydrogen-bond donors (Lipinski definition) is 0.